The van der Waals surface area contributed by atoms with Crippen LogP contribution in [-0.4, -0.2) is 30.1 Å². The highest BCUT2D eigenvalue weighted by Gasteiger charge is 2.17. The van der Waals surface area contributed by atoms with Crippen LogP contribution in [0.3, 0.4) is 0 Å². The molecule has 0 spiro atoms. The Morgan fingerprint density at radius 3 is 2.82 bits per heavy atom. The Hall–Kier alpha value is -1.82. The van der Waals surface area contributed by atoms with Crippen LogP contribution in [-0.2, 0) is 4.79 Å². The first kappa shape index (κ1) is 13.2. The van der Waals surface area contributed by atoms with Gasteiger partial charge in [-0.05, 0) is 19.1 Å². The Kier molecular flexibility index (Phi) is 4.71. The zero-order chi connectivity index (χ0) is 12.8. The second-order valence-corrected chi connectivity index (χ2v) is 3.48. The molecule has 0 aliphatic carbocycles. The number of hydrogen-bond acceptors (Lipinski definition) is 4. The largest absolute Gasteiger partial charge is 0.478 e. The highest BCUT2D eigenvalue weighted by atomic mass is 35.5. The van der Waals surface area contributed by atoms with Gasteiger partial charge in [-0.25, -0.2) is 9.78 Å². The first-order chi connectivity index (χ1) is 8.04. The minimum absolute atomic E-state index is 0.159. The van der Waals surface area contributed by atoms with Crippen LogP contribution in [0.1, 0.15) is 6.92 Å². The Balaban J connectivity index is 2.60. The van der Waals surface area contributed by atoms with Crippen LogP contribution in [0.5, 0.6) is 5.75 Å². The topological polar surface area (TPSA) is 80.3 Å². The van der Waals surface area contributed by atoms with Gasteiger partial charge in [0.05, 0.1) is 0 Å². The summed E-state index contributed by atoms with van der Waals surface area (Å²) in [4.78, 5) is 26.2. The molecular formula is C10H12ClN3O3. The van der Waals surface area contributed by atoms with Crippen molar-refractivity contribution in [2.45, 2.75) is 13.0 Å². The summed E-state index contributed by atoms with van der Waals surface area (Å²) in [6.07, 6.45) is 0.652. The molecule has 3 amide bonds. The average Bonchev–Trinajstić information content (AvgIpc) is 2.31. The second-order valence-electron chi connectivity index (χ2n) is 3.12. The maximum atomic E-state index is 11.5. The SMILES string of the molecule is CNC(=O)NC(=O)C(C)Oc1cccnc1Cl. The van der Waals surface area contributed by atoms with E-state index in [1.54, 1.807) is 12.1 Å². The summed E-state index contributed by atoms with van der Waals surface area (Å²) in [6, 6.07) is 2.62. The quantitative estimate of drug-likeness (QED) is 0.791. The van der Waals surface area contributed by atoms with Crippen molar-refractivity contribution in [2.75, 3.05) is 7.05 Å². The van der Waals surface area contributed by atoms with Crippen molar-refractivity contribution < 1.29 is 14.3 Å². The molecular weight excluding hydrogens is 246 g/mol. The fourth-order valence-electron chi connectivity index (χ4n) is 0.979. The van der Waals surface area contributed by atoms with E-state index in [1.807, 2.05) is 0 Å². The second kappa shape index (κ2) is 6.05. The molecule has 0 aromatic carbocycles. The van der Waals surface area contributed by atoms with Crippen LogP contribution in [0.2, 0.25) is 5.15 Å². The van der Waals surface area contributed by atoms with Gasteiger partial charge >= 0.3 is 6.03 Å². The van der Waals surface area contributed by atoms with Gasteiger partial charge < -0.3 is 10.1 Å². The molecule has 1 rings (SSSR count). The number of imide groups is 1. The van der Waals surface area contributed by atoms with Gasteiger partial charge in [0.2, 0.25) is 0 Å². The summed E-state index contributed by atoms with van der Waals surface area (Å²) >= 11 is 5.76. The Morgan fingerprint density at radius 1 is 1.53 bits per heavy atom. The summed E-state index contributed by atoms with van der Waals surface area (Å²) < 4.78 is 5.27. The fraction of sp³-hybridized carbons (Fsp3) is 0.300. The van der Waals surface area contributed by atoms with E-state index in [2.05, 4.69) is 15.6 Å². The molecule has 0 fully saturated rings. The molecule has 0 radical (unpaired) electrons. The van der Waals surface area contributed by atoms with Crippen LogP contribution in [0.25, 0.3) is 0 Å². The van der Waals surface area contributed by atoms with Crippen molar-refractivity contribution in [2.24, 2.45) is 0 Å². The number of amides is 3. The molecule has 1 aromatic rings. The van der Waals surface area contributed by atoms with Gasteiger partial charge in [-0.2, -0.15) is 0 Å². The normalized spacial score (nSPS) is 11.5. The maximum Gasteiger partial charge on any atom is 0.321 e. The van der Waals surface area contributed by atoms with E-state index in [1.165, 1.54) is 20.2 Å². The molecule has 1 heterocycles. The van der Waals surface area contributed by atoms with Gasteiger partial charge in [-0.1, -0.05) is 11.6 Å². The smallest absolute Gasteiger partial charge is 0.321 e. The van der Waals surface area contributed by atoms with Gasteiger partial charge in [0.15, 0.2) is 17.0 Å². The lowest BCUT2D eigenvalue weighted by Crippen LogP contribution is -2.44. The third-order valence-electron chi connectivity index (χ3n) is 1.86. The Bertz CT molecular complexity index is 425. The molecule has 0 aliphatic heterocycles. The molecule has 0 saturated heterocycles. The number of carbonyl (C=O) groups excluding carboxylic acids is 2. The molecule has 0 bridgehead atoms. The van der Waals surface area contributed by atoms with Gasteiger partial charge in [0, 0.05) is 13.2 Å². The van der Waals surface area contributed by atoms with E-state index < -0.39 is 18.0 Å². The molecule has 92 valence electrons. The van der Waals surface area contributed by atoms with Crippen molar-refractivity contribution >= 4 is 23.5 Å². The Morgan fingerprint density at radius 2 is 2.24 bits per heavy atom. The molecule has 1 unspecified atom stereocenters. The molecule has 17 heavy (non-hydrogen) atoms. The minimum atomic E-state index is -0.853. The maximum absolute atomic E-state index is 11.5. The summed E-state index contributed by atoms with van der Waals surface area (Å²) in [5.41, 5.74) is 0. The van der Waals surface area contributed by atoms with E-state index in [-0.39, 0.29) is 10.9 Å². The van der Waals surface area contributed by atoms with Crippen LogP contribution < -0.4 is 15.4 Å². The number of pyridine rings is 1. The Labute approximate surface area is 103 Å². The van der Waals surface area contributed by atoms with E-state index in [0.29, 0.717) is 0 Å². The first-order valence-electron chi connectivity index (χ1n) is 4.84. The first-order valence-corrected chi connectivity index (χ1v) is 5.22. The number of nitrogens with one attached hydrogen (secondary N) is 2. The summed E-state index contributed by atoms with van der Waals surface area (Å²) in [5.74, 6) is -0.280. The van der Waals surface area contributed by atoms with Crippen molar-refractivity contribution in [3.05, 3.63) is 23.5 Å². The summed E-state index contributed by atoms with van der Waals surface area (Å²) in [6.45, 7) is 1.50. The van der Waals surface area contributed by atoms with Crippen molar-refractivity contribution in [3.8, 4) is 5.75 Å². The van der Waals surface area contributed by atoms with Gasteiger partial charge in [-0.3, -0.25) is 10.1 Å². The number of carbonyl (C=O) groups is 2. The number of nitrogens with zero attached hydrogens (tertiary/aromatic N) is 1. The molecule has 1 atom stereocenters. The third kappa shape index (κ3) is 3.92. The van der Waals surface area contributed by atoms with Gasteiger partial charge in [0.1, 0.15) is 0 Å². The van der Waals surface area contributed by atoms with E-state index in [9.17, 15) is 9.59 Å². The van der Waals surface area contributed by atoms with Crippen molar-refractivity contribution in [3.63, 3.8) is 0 Å². The molecule has 7 heteroatoms. The number of urea groups is 1. The van der Waals surface area contributed by atoms with Crippen LogP contribution in [0.4, 0.5) is 4.79 Å². The zero-order valence-corrected chi connectivity index (χ0v) is 10.1. The van der Waals surface area contributed by atoms with Crippen molar-refractivity contribution in [1.29, 1.82) is 0 Å². The van der Waals surface area contributed by atoms with E-state index >= 15 is 0 Å². The lowest BCUT2D eigenvalue weighted by atomic mass is 10.3. The highest BCUT2D eigenvalue weighted by molar-refractivity contribution is 6.30. The van der Waals surface area contributed by atoms with Gasteiger partial charge in [-0.15, -0.1) is 0 Å². The van der Waals surface area contributed by atoms with Crippen LogP contribution in [0.15, 0.2) is 18.3 Å². The number of rotatable bonds is 3. The van der Waals surface area contributed by atoms with Crippen LogP contribution >= 0.6 is 11.6 Å². The number of aromatic nitrogens is 1. The lowest BCUT2D eigenvalue weighted by molar-refractivity contribution is -0.126. The highest BCUT2D eigenvalue weighted by Crippen LogP contribution is 2.21. The number of hydrogen-bond donors (Lipinski definition) is 2. The zero-order valence-electron chi connectivity index (χ0n) is 9.36. The third-order valence-corrected chi connectivity index (χ3v) is 2.15. The monoisotopic (exact) mass is 257 g/mol. The minimum Gasteiger partial charge on any atom is -0.478 e. The predicted molar refractivity (Wildman–Crippen MR) is 61.9 cm³/mol. The van der Waals surface area contributed by atoms with Crippen molar-refractivity contribution in [1.82, 2.24) is 15.6 Å². The van der Waals surface area contributed by atoms with E-state index in [4.69, 9.17) is 16.3 Å². The number of ether oxygens (including phenoxy) is 1. The summed E-state index contributed by atoms with van der Waals surface area (Å²) in [5, 5.41) is 4.51. The fourth-order valence-corrected chi connectivity index (χ4v) is 1.14. The lowest BCUT2D eigenvalue weighted by Gasteiger charge is -2.14. The molecule has 6 nitrogen and oxygen atoms in total. The average molecular weight is 258 g/mol. The van der Waals surface area contributed by atoms with Crippen LogP contribution in [0, 0.1) is 0 Å². The summed E-state index contributed by atoms with van der Waals surface area (Å²) in [7, 11) is 1.41. The number of halogens is 1. The van der Waals surface area contributed by atoms with E-state index in [0.717, 1.165) is 0 Å². The molecule has 0 aliphatic rings. The predicted octanol–water partition coefficient (Wildman–Crippen LogP) is 0.958. The molecule has 2 N–H and O–H groups in total. The molecule has 0 saturated carbocycles. The molecule has 1 aromatic heterocycles. The van der Waals surface area contributed by atoms with Gasteiger partial charge in [0.25, 0.3) is 5.91 Å². The standard InChI is InChI=1S/C10H12ClN3O3/c1-6(9(15)14-10(16)12-2)17-7-4-3-5-13-8(7)11/h3-6H,1-2H3,(H2,12,14,15,16).